The van der Waals surface area contributed by atoms with E-state index in [9.17, 15) is 8.78 Å². The molecule has 0 spiro atoms. The van der Waals surface area contributed by atoms with Gasteiger partial charge in [-0.25, -0.2) is 4.98 Å². The number of hydrogen-bond donors (Lipinski definition) is 1. The zero-order chi connectivity index (χ0) is 14.7. The molecule has 0 aliphatic carbocycles. The summed E-state index contributed by atoms with van der Waals surface area (Å²) in [6.45, 7) is 1.69. The Kier molecular flexibility index (Phi) is 4.71. The fourth-order valence-electron chi connectivity index (χ4n) is 1.83. The Morgan fingerprint density at radius 1 is 1.30 bits per heavy atom. The SMILES string of the molecule is CC(C)n1c(CN)nnc1SCc1nccn1C(F)F. The van der Waals surface area contributed by atoms with Crippen molar-refractivity contribution in [2.24, 2.45) is 5.73 Å². The maximum Gasteiger partial charge on any atom is 0.319 e. The van der Waals surface area contributed by atoms with Gasteiger partial charge in [0.25, 0.3) is 0 Å². The molecule has 0 saturated heterocycles. The van der Waals surface area contributed by atoms with Gasteiger partial charge in [-0.2, -0.15) is 8.78 Å². The van der Waals surface area contributed by atoms with E-state index in [0.717, 1.165) is 4.57 Å². The van der Waals surface area contributed by atoms with Gasteiger partial charge >= 0.3 is 6.55 Å². The van der Waals surface area contributed by atoms with Gasteiger partial charge < -0.3 is 10.3 Å². The maximum atomic E-state index is 12.7. The summed E-state index contributed by atoms with van der Waals surface area (Å²) < 4.78 is 28.2. The molecule has 0 saturated carbocycles. The number of hydrogen-bond acceptors (Lipinski definition) is 5. The van der Waals surface area contributed by atoms with Gasteiger partial charge in [0.1, 0.15) is 11.6 Å². The molecule has 110 valence electrons. The highest BCUT2D eigenvalue weighted by Gasteiger charge is 2.16. The molecular weight excluding hydrogens is 286 g/mol. The molecule has 6 nitrogen and oxygen atoms in total. The molecule has 0 bridgehead atoms. The highest BCUT2D eigenvalue weighted by Crippen LogP contribution is 2.25. The van der Waals surface area contributed by atoms with Crippen LogP contribution in [0.3, 0.4) is 0 Å². The van der Waals surface area contributed by atoms with Crippen molar-refractivity contribution in [2.75, 3.05) is 0 Å². The van der Waals surface area contributed by atoms with Gasteiger partial charge in [-0.05, 0) is 13.8 Å². The molecule has 2 aromatic rings. The number of halogens is 2. The van der Waals surface area contributed by atoms with Crippen LogP contribution in [0, 0.1) is 0 Å². The van der Waals surface area contributed by atoms with Crippen molar-refractivity contribution >= 4 is 11.8 Å². The van der Waals surface area contributed by atoms with Gasteiger partial charge in [0.15, 0.2) is 5.16 Å². The number of rotatable bonds is 6. The van der Waals surface area contributed by atoms with Crippen LogP contribution in [0.4, 0.5) is 8.78 Å². The minimum absolute atomic E-state index is 0.154. The Morgan fingerprint density at radius 2 is 2.05 bits per heavy atom. The van der Waals surface area contributed by atoms with E-state index in [0.29, 0.717) is 22.6 Å². The molecule has 0 radical (unpaired) electrons. The normalized spacial score (nSPS) is 11.8. The molecule has 0 aliphatic heterocycles. The summed E-state index contributed by atoms with van der Waals surface area (Å²) >= 11 is 1.32. The molecule has 2 N–H and O–H groups in total. The number of imidazole rings is 1. The van der Waals surface area contributed by atoms with E-state index in [2.05, 4.69) is 15.2 Å². The first kappa shape index (κ1) is 14.9. The predicted octanol–water partition coefficient (Wildman–Crippen LogP) is 2.20. The molecule has 0 unspecified atom stereocenters. The summed E-state index contributed by atoms with van der Waals surface area (Å²) in [4.78, 5) is 3.93. The molecule has 2 aromatic heterocycles. The lowest BCUT2D eigenvalue weighted by Gasteiger charge is -2.12. The maximum absolute atomic E-state index is 12.7. The minimum atomic E-state index is -2.59. The highest BCUT2D eigenvalue weighted by molar-refractivity contribution is 7.98. The molecule has 0 amide bonds. The fraction of sp³-hybridized carbons (Fsp3) is 0.545. The van der Waals surface area contributed by atoms with Gasteiger partial charge in [-0.3, -0.25) is 4.57 Å². The van der Waals surface area contributed by atoms with Crippen molar-refractivity contribution in [3.8, 4) is 0 Å². The molecule has 0 aliphatic rings. The zero-order valence-corrected chi connectivity index (χ0v) is 12.0. The largest absolute Gasteiger partial charge is 0.324 e. The van der Waals surface area contributed by atoms with Crippen LogP contribution in [0.5, 0.6) is 0 Å². The van der Waals surface area contributed by atoms with Gasteiger partial charge in [0.05, 0.1) is 12.3 Å². The summed E-state index contributed by atoms with van der Waals surface area (Å²) in [6, 6.07) is 0.154. The third-order valence-corrected chi connectivity index (χ3v) is 3.66. The molecule has 20 heavy (non-hydrogen) atoms. The van der Waals surface area contributed by atoms with Crippen molar-refractivity contribution in [2.45, 2.75) is 43.9 Å². The lowest BCUT2D eigenvalue weighted by molar-refractivity contribution is 0.0678. The average Bonchev–Trinajstić information content (AvgIpc) is 3.02. The first-order valence-corrected chi connectivity index (χ1v) is 7.09. The minimum Gasteiger partial charge on any atom is -0.324 e. The Morgan fingerprint density at radius 3 is 2.65 bits per heavy atom. The number of aromatic nitrogens is 5. The number of nitrogens with zero attached hydrogens (tertiary/aromatic N) is 5. The van der Waals surface area contributed by atoms with E-state index in [1.165, 1.54) is 24.2 Å². The van der Waals surface area contributed by atoms with Gasteiger partial charge in [0.2, 0.25) is 0 Å². The predicted molar refractivity (Wildman–Crippen MR) is 71.3 cm³/mol. The van der Waals surface area contributed by atoms with Crippen LogP contribution in [-0.2, 0) is 12.3 Å². The topological polar surface area (TPSA) is 74.6 Å². The van der Waals surface area contributed by atoms with E-state index in [4.69, 9.17) is 5.73 Å². The quantitative estimate of drug-likeness (QED) is 0.828. The average molecular weight is 302 g/mol. The lowest BCUT2D eigenvalue weighted by Crippen LogP contribution is -2.11. The van der Waals surface area contributed by atoms with E-state index < -0.39 is 6.55 Å². The second-order valence-corrected chi connectivity index (χ2v) is 5.33. The molecule has 9 heteroatoms. The standard InChI is InChI=1S/C11H16F2N6S/c1-7(2)19-8(5-14)16-17-11(19)20-6-9-15-3-4-18(9)10(12)13/h3-4,7,10H,5-6,14H2,1-2H3. The third-order valence-electron chi connectivity index (χ3n) is 2.72. The summed E-state index contributed by atoms with van der Waals surface area (Å²) in [6.07, 6.45) is 2.62. The molecule has 2 rings (SSSR count). The van der Waals surface area contributed by atoms with Crippen molar-refractivity contribution in [3.63, 3.8) is 0 Å². The Balaban J connectivity index is 2.15. The number of alkyl halides is 2. The summed E-state index contributed by atoms with van der Waals surface area (Å²) in [5, 5.41) is 8.72. The summed E-state index contributed by atoms with van der Waals surface area (Å²) in [5.41, 5.74) is 5.61. The highest BCUT2D eigenvalue weighted by atomic mass is 32.2. The van der Waals surface area contributed by atoms with Gasteiger partial charge in [-0.1, -0.05) is 11.8 Å². The summed E-state index contributed by atoms with van der Waals surface area (Å²) in [5.74, 6) is 1.28. The number of nitrogens with two attached hydrogens (primary N) is 1. The van der Waals surface area contributed by atoms with E-state index in [1.807, 2.05) is 18.4 Å². The van der Waals surface area contributed by atoms with Crippen LogP contribution in [0.1, 0.15) is 38.1 Å². The van der Waals surface area contributed by atoms with Gasteiger partial charge in [0, 0.05) is 18.4 Å². The smallest absolute Gasteiger partial charge is 0.319 e. The number of thioether (sulfide) groups is 1. The summed E-state index contributed by atoms with van der Waals surface area (Å²) in [7, 11) is 0. The van der Waals surface area contributed by atoms with Crippen LogP contribution in [0.25, 0.3) is 0 Å². The second-order valence-electron chi connectivity index (χ2n) is 4.38. The van der Waals surface area contributed by atoms with Crippen LogP contribution < -0.4 is 5.73 Å². The third kappa shape index (κ3) is 2.98. The Bertz CT molecular complexity index is 565. The van der Waals surface area contributed by atoms with Gasteiger partial charge in [-0.15, -0.1) is 10.2 Å². The van der Waals surface area contributed by atoms with Crippen LogP contribution in [0.15, 0.2) is 17.6 Å². The molecule has 0 aromatic carbocycles. The van der Waals surface area contributed by atoms with Crippen LogP contribution in [0.2, 0.25) is 0 Å². The first-order valence-electron chi connectivity index (χ1n) is 6.11. The second kappa shape index (κ2) is 6.31. The molecule has 0 fully saturated rings. The molecular formula is C11H16F2N6S. The Labute approximate surface area is 119 Å². The van der Waals surface area contributed by atoms with Crippen molar-refractivity contribution in [1.82, 2.24) is 24.3 Å². The monoisotopic (exact) mass is 302 g/mol. The van der Waals surface area contributed by atoms with Crippen molar-refractivity contribution in [1.29, 1.82) is 0 Å². The van der Waals surface area contributed by atoms with Crippen LogP contribution >= 0.6 is 11.8 Å². The van der Waals surface area contributed by atoms with E-state index in [1.54, 1.807) is 0 Å². The van der Waals surface area contributed by atoms with Crippen LogP contribution in [-0.4, -0.2) is 24.3 Å². The first-order chi connectivity index (χ1) is 9.54. The van der Waals surface area contributed by atoms with Crippen molar-refractivity contribution in [3.05, 3.63) is 24.0 Å². The van der Waals surface area contributed by atoms with E-state index in [-0.39, 0.29) is 12.6 Å². The van der Waals surface area contributed by atoms with E-state index >= 15 is 0 Å². The zero-order valence-electron chi connectivity index (χ0n) is 11.2. The fourth-order valence-corrected chi connectivity index (χ4v) is 2.86. The Hall–Kier alpha value is -1.48. The molecule has 0 atom stereocenters. The van der Waals surface area contributed by atoms with Crippen molar-refractivity contribution < 1.29 is 8.78 Å². The lowest BCUT2D eigenvalue weighted by atomic mass is 10.4. The molecule has 2 heterocycles.